The minimum absolute atomic E-state index is 0.0694. The first-order chi connectivity index (χ1) is 11.6. The van der Waals surface area contributed by atoms with Gasteiger partial charge in [0.15, 0.2) is 0 Å². The van der Waals surface area contributed by atoms with Gasteiger partial charge in [0.05, 0.1) is 18.8 Å². The topological polar surface area (TPSA) is 69.6 Å². The van der Waals surface area contributed by atoms with E-state index in [2.05, 4.69) is 5.32 Å². The van der Waals surface area contributed by atoms with Gasteiger partial charge in [0.1, 0.15) is 5.82 Å². The van der Waals surface area contributed by atoms with Crippen LogP contribution in [0, 0.1) is 11.7 Å². The molecule has 1 unspecified atom stereocenters. The fraction of sp³-hybridized carbons (Fsp3) is 0.316. The van der Waals surface area contributed by atoms with Gasteiger partial charge in [0, 0.05) is 5.56 Å². The van der Waals surface area contributed by atoms with Gasteiger partial charge < -0.3 is 15.5 Å². The lowest BCUT2D eigenvalue weighted by molar-refractivity contribution is 0.0235. The van der Waals surface area contributed by atoms with Gasteiger partial charge in [-0.05, 0) is 54.2 Å². The number of carbonyl (C=O) groups excluding carboxylic acids is 1. The molecule has 0 bridgehead atoms. The van der Waals surface area contributed by atoms with E-state index in [0.717, 1.165) is 11.1 Å². The van der Waals surface area contributed by atoms with Gasteiger partial charge in [-0.2, -0.15) is 0 Å². The molecule has 1 atom stereocenters. The number of rotatable bonds is 5. The second-order valence-electron chi connectivity index (χ2n) is 6.24. The number of nitrogens with one attached hydrogen (secondary N) is 1. The summed E-state index contributed by atoms with van der Waals surface area (Å²) in [6.45, 7) is -0.0694. The first-order valence-electron chi connectivity index (χ1n) is 8.01. The van der Waals surface area contributed by atoms with Crippen LogP contribution < -0.4 is 5.32 Å². The van der Waals surface area contributed by atoms with Crippen LogP contribution in [0.2, 0.25) is 0 Å². The van der Waals surface area contributed by atoms with Crippen molar-refractivity contribution in [2.45, 2.75) is 31.6 Å². The van der Waals surface area contributed by atoms with Crippen LogP contribution in [0.1, 0.15) is 40.4 Å². The highest BCUT2D eigenvalue weighted by Crippen LogP contribution is 2.38. The molecular weight excluding hydrogens is 309 g/mol. The van der Waals surface area contributed by atoms with E-state index in [0.29, 0.717) is 18.4 Å². The van der Waals surface area contributed by atoms with Gasteiger partial charge in [-0.3, -0.25) is 4.79 Å². The molecule has 1 aliphatic rings. The van der Waals surface area contributed by atoms with Crippen LogP contribution in [0.25, 0.3) is 0 Å². The number of halogens is 1. The van der Waals surface area contributed by atoms with Crippen LogP contribution in [0.15, 0.2) is 48.5 Å². The molecule has 0 saturated heterocycles. The molecule has 2 aromatic rings. The predicted octanol–water partition coefficient (Wildman–Crippen LogP) is 2.56. The molecule has 4 nitrogen and oxygen atoms in total. The molecular formula is C19H20FNO3. The maximum absolute atomic E-state index is 13.2. The Kier molecular flexibility index (Phi) is 4.92. The molecule has 2 aromatic carbocycles. The zero-order chi connectivity index (χ0) is 17.1. The zero-order valence-electron chi connectivity index (χ0n) is 13.2. The maximum atomic E-state index is 13.2. The minimum Gasteiger partial charge on any atom is -0.393 e. The average Bonchev–Trinajstić information content (AvgIpc) is 2.58. The number of hydrogen-bond donors (Lipinski definition) is 3. The largest absolute Gasteiger partial charge is 0.393 e. The molecule has 3 N–H and O–H groups in total. The quantitative estimate of drug-likeness (QED) is 0.790. The number of hydrogen-bond acceptors (Lipinski definition) is 3. The molecule has 1 saturated carbocycles. The Morgan fingerprint density at radius 1 is 1.12 bits per heavy atom. The molecule has 1 aliphatic carbocycles. The van der Waals surface area contributed by atoms with Gasteiger partial charge in [-0.25, -0.2) is 4.39 Å². The van der Waals surface area contributed by atoms with Gasteiger partial charge >= 0.3 is 0 Å². The van der Waals surface area contributed by atoms with Crippen molar-refractivity contribution < 1.29 is 19.4 Å². The Bertz CT molecular complexity index is 694. The van der Waals surface area contributed by atoms with E-state index >= 15 is 0 Å². The van der Waals surface area contributed by atoms with Crippen molar-refractivity contribution >= 4 is 5.91 Å². The SMILES string of the molecule is O=C(NC(c1ccc(F)cc1)C1CC(O)C1)c1ccc(CO)cc1. The monoisotopic (exact) mass is 329 g/mol. The van der Waals surface area contributed by atoms with Crippen LogP contribution in [0.3, 0.4) is 0 Å². The first kappa shape index (κ1) is 16.6. The van der Waals surface area contributed by atoms with Crippen LogP contribution in [0.5, 0.6) is 0 Å². The highest BCUT2D eigenvalue weighted by Gasteiger charge is 2.35. The van der Waals surface area contributed by atoms with Crippen molar-refractivity contribution in [3.63, 3.8) is 0 Å². The lowest BCUT2D eigenvalue weighted by Gasteiger charge is -2.38. The molecule has 3 rings (SSSR count). The van der Waals surface area contributed by atoms with Gasteiger partial charge in [-0.15, -0.1) is 0 Å². The summed E-state index contributed by atoms with van der Waals surface area (Å²) in [7, 11) is 0. The van der Waals surface area contributed by atoms with Crippen molar-refractivity contribution in [1.29, 1.82) is 0 Å². The van der Waals surface area contributed by atoms with Crippen molar-refractivity contribution in [3.05, 3.63) is 71.0 Å². The summed E-state index contributed by atoms with van der Waals surface area (Å²) < 4.78 is 13.2. The summed E-state index contributed by atoms with van der Waals surface area (Å²) in [6, 6.07) is 12.6. The lowest BCUT2D eigenvalue weighted by Crippen LogP contribution is -2.41. The van der Waals surface area contributed by atoms with Gasteiger partial charge in [0.2, 0.25) is 0 Å². The molecule has 24 heavy (non-hydrogen) atoms. The first-order valence-corrected chi connectivity index (χ1v) is 8.01. The van der Waals surface area contributed by atoms with Crippen LogP contribution in [-0.4, -0.2) is 22.2 Å². The highest BCUT2D eigenvalue weighted by atomic mass is 19.1. The number of carbonyl (C=O) groups is 1. The standard InChI is InChI=1S/C19H20FNO3/c20-16-7-5-13(6-8-16)18(15-9-17(23)10-15)21-19(24)14-3-1-12(11-22)2-4-14/h1-8,15,17-18,22-23H,9-11H2,(H,21,24). The Morgan fingerprint density at radius 2 is 1.75 bits per heavy atom. The molecule has 1 amide bonds. The number of aliphatic hydroxyl groups excluding tert-OH is 2. The van der Waals surface area contributed by atoms with E-state index < -0.39 is 0 Å². The molecule has 0 aliphatic heterocycles. The van der Waals surface area contributed by atoms with E-state index in [-0.39, 0.29) is 36.4 Å². The molecule has 5 heteroatoms. The highest BCUT2D eigenvalue weighted by molar-refractivity contribution is 5.94. The van der Waals surface area contributed by atoms with Crippen molar-refractivity contribution in [2.24, 2.45) is 5.92 Å². The van der Waals surface area contributed by atoms with E-state index in [1.807, 2.05) is 0 Å². The Labute approximate surface area is 140 Å². The van der Waals surface area contributed by atoms with Gasteiger partial charge in [-0.1, -0.05) is 24.3 Å². The fourth-order valence-corrected chi connectivity index (χ4v) is 3.03. The van der Waals surface area contributed by atoms with Crippen molar-refractivity contribution in [3.8, 4) is 0 Å². The Morgan fingerprint density at radius 3 is 2.29 bits per heavy atom. The van der Waals surface area contributed by atoms with E-state index in [9.17, 15) is 14.3 Å². The number of aliphatic hydroxyl groups is 2. The summed E-state index contributed by atoms with van der Waals surface area (Å²) >= 11 is 0. The van der Waals surface area contributed by atoms with Crippen LogP contribution in [-0.2, 0) is 6.61 Å². The summed E-state index contributed by atoms with van der Waals surface area (Å²) in [6.07, 6.45) is 0.899. The maximum Gasteiger partial charge on any atom is 0.251 e. The fourth-order valence-electron chi connectivity index (χ4n) is 3.03. The third kappa shape index (κ3) is 3.63. The second-order valence-corrected chi connectivity index (χ2v) is 6.24. The normalized spacial score (nSPS) is 21.0. The summed E-state index contributed by atoms with van der Waals surface area (Å²) in [4.78, 5) is 12.5. The van der Waals surface area contributed by atoms with E-state index in [1.54, 1.807) is 36.4 Å². The summed E-state index contributed by atoms with van der Waals surface area (Å²) in [5, 5.41) is 21.6. The molecule has 0 radical (unpaired) electrons. The number of amides is 1. The summed E-state index contributed by atoms with van der Waals surface area (Å²) in [5.41, 5.74) is 2.07. The lowest BCUT2D eigenvalue weighted by atomic mass is 9.75. The molecule has 1 fully saturated rings. The Balaban J connectivity index is 1.77. The average molecular weight is 329 g/mol. The number of benzene rings is 2. The van der Waals surface area contributed by atoms with Crippen LogP contribution >= 0.6 is 0 Å². The minimum atomic E-state index is -0.335. The molecule has 0 heterocycles. The van der Waals surface area contributed by atoms with E-state index in [1.165, 1.54) is 12.1 Å². The van der Waals surface area contributed by atoms with Crippen molar-refractivity contribution in [2.75, 3.05) is 0 Å². The Hall–Kier alpha value is -2.24. The molecule has 126 valence electrons. The summed E-state index contributed by atoms with van der Waals surface area (Å²) in [5.74, 6) is -0.418. The second kappa shape index (κ2) is 7.11. The third-order valence-electron chi connectivity index (χ3n) is 4.54. The van der Waals surface area contributed by atoms with Crippen LogP contribution in [0.4, 0.5) is 4.39 Å². The smallest absolute Gasteiger partial charge is 0.251 e. The van der Waals surface area contributed by atoms with E-state index in [4.69, 9.17) is 5.11 Å². The molecule has 0 aromatic heterocycles. The predicted molar refractivity (Wildman–Crippen MR) is 87.7 cm³/mol. The zero-order valence-corrected chi connectivity index (χ0v) is 13.2. The van der Waals surface area contributed by atoms with Crippen molar-refractivity contribution in [1.82, 2.24) is 5.32 Å². The van der Waals surface area contributed by atoms with Gasteiger partial charge in [0.25, 0.3) is 5.91 Å². The third-order valence-corrected chi connectivity index (χ3v) is 4.54. The molecule has 0 spiro atoms.